The molecule has 1 aromatic heterocycles. The highest BCUT2D eigenvalue weighted by molar-refractivity contribution is 5.86. The van der Waals surface area contributed by atoms with Crippen LogP contribution in [0.2, 0.25) is 0 Å². The molecule has 1 unspecified atom stereocenters. The van der Waals surface area contributed by atoms with Gasteiger partial charge in [-0.2, -0.15) is 0 Å². The molecule has 0 aromatic carbocycles. The minimum Gasteiger partial charge on any atom is -0.467 e. The van der Waals surface area contributed by atoms with Crippen LogP contribution in [-0.4, -0.2) is 29.9 Å². The summed E-state index contributed by atoms with van der Waals surface area (Å²) in [5.41, 5.74) is 0.972. The van der Waals surface area contributed by atoms with E-state index in [0.717, 1.165) is 11.3 Å². The number of amides is 1. The summed E-state index contributed by atoms with van der Waals surface area (Å²) in [6, 6.07) is 3.59. The molecule has 5 heteroatoms. The molecule has 2 rings (SSSR count). The smallest absolute Gasteiger partial charge is 0.311 e. The molecule has 1 amide bonds. The predicted octanol–water partition coefficient (Wildman–Crippen LogP) is 2.14. The quantitative estimate of drug-likeness (QED) is 0.590. The fourth-order valence-electron chi connectivity index (χ4n) is 2.12. The Hall–Kier alpha value is -2.04. The Bertz CT molecular complexity index is 492. The number of furan rings is 1. The molecule has 5 nitrogen and oxygen atoms in total. The first kappa shape index (κ1) is 14.4. The number of likely N-dealkylation sites (tertiary alicyclic amines) is 1. The van der Waals surface area contributed by atoms with Crippen LogP contribution in [0.15, 0.2) is 35.0 Å². The molecule has 108 valence electrons. The van der Waals surface area contributed by atoms with Crippen molar-refractivity contribution in [2.45, 2.75) is 26.3 Å². The van der Waals surface area contributed by atoms with E-state index in [1.807, 2.05) is 13.0 Å². The van der Waals surface area contributed by atoms with Crippen LogP contribution in [0.3, 0.4) is 0 Å². The molecule has 0 radical (unpaired) electrons. The number of esters is 1. The predicted molar refractivity (Wildman–Crippen MR) is 72.6 cm³/mol. The van der Waals surface area contributed by atoms with Gasteiger partial charge in [-0.25, -0.2) is 0 Å². The largest absolute Gasteiger partial charge is 0.467 e. The highest BCUT2D eigenvalue weighted by atomic mass is 16.5. The average molecular weight is 277 g/mol. The zero-order chi connectivity index (χ0) is 14.5. The van der Waals surface area contributed by atoms with Crippen molar-refractivity contribution < 1.29 is 18.7 Å². The van der Waals surface area contributed by atoms with Gasteiger partial charge in [0.05, 0.1) is 25.3 Å². The van der Waals surface area contributed by atoms with Gasteiger partial charge in [-0.15, -0.1) is 6.58 Å². The van der Waals surface area contributed by atoms with Crippen LogP contribution < -0.4 is 0 Å². The minimum atomic E-state index is -0.373. The Kier molecular flexibility index (Phi) is 4.61. The summed E-state index contributed by atoms with van der Waals surface area (Å²) in [4.78, 5) is 25.4. The Morgan fingerprint density at radius 1 is 1.60 bits per heavy atom. The van der Waals surface area contributed by atoms with E-state index in [0.29, 0.717) is 26.1 Å². The summed E-state index contributed by atoms with van der Waals surface area (Å²) < 4.78 is 10.4. The first-order valence-corrected chi connectivity index (χ1v) is 6.67. The van der Waals surface area contributed by atoms with Crippen molar-refractivity contribution in [3.63, 3.8) is 0 Å². The van der Waals surface area contributed by atoms with Gasteiger partial charge in [0.2, 0.25) is 5.91 Å². The normalized spacial score (nSPS) is 18.4. The molecule has 1 atom stereocenters. The van der Waals surface area contributed by atoms with Crippen LogP contribution in [0.4, 0.5) is 0 Å². The molecule has 1 aliphatic rings. The van der Waals surface area contributed by atoms with Gasteiger partial charge in [-0.05, 0) is 19.1 Å². The van der Waals surface area contributed by atoms with Crippen LogP contribution in [0.25, 0.3) is 0 Å². The third-order valence-electron chi connectivity index (χ3n) is 3.25. The summed E-state index contributed by atoms with van der Waals surface area (Å²) in [6.45, 7) is 6.77. The lowest BCUT2D eigenvalue weighted by atomic mass is 10.1. The van der Waals surface area contributed by atoms with E-state index in [1.54, 1.807) is 17.2 Å². The van der Waals surface area contributed by atoms with E-state index < -0.39 is 0 Å². The van der Waals surface area contributed by atoms with Crippen molar-refractivity contribution in [2.75, 3.05) is 13.2 Å². The molecule has 1 saturated heterocycles. The molecule has 0 spiro atoms. The summed E-state index contributed by atoms with van der Waals surface area (Å²) in [7, 11) is 0. The lowest BCUT2D eigenvalue weighted by Crippen LogP contribution is -2.26. The van der Waals surface area contributed by atoms with Gasteiger partial charge < -0.3 is 14.1 Å². The number of hydrogen-bond donors (Lipinski definition) is 0. The molecule has 0 bridgehead atoms. The molecule has 20 heavy (non-hydrogen) atoms. The van der Waals surface area contributed by atoms with E-state index in [9.17, 15) is 9.59 Å². The lowest BCUT2D eigenvalue weighted by Gasteiger charge is -2.14. The van der Waals surface area contributed by atoms with Crippen LogP contribution >= 0.6 is 0 Å². The molecular weight excluding hydrogens is 258 g/mol. The number of ether oxygens (including phenoxy) is 1. The Labute approximate surface area is 118 Å². The van der Waals surface area contributed by atoms with Gasteiger partial charge in [0, 0.05) is 19.4 Å². The van der Waals surface area contributed by atoms with E-state index in [-0.39, 0.29) is 24.2 Å². The first-order valence-electron chi connectivity index (χ1n) is 6.67. The second-order valence-electron chi connectivity index (χ2n) is 5.13. The SMILES string of the molecule is C=C(C)CCOC(=O)C1CC(=O)N(Cc2ccco2)C1. The summed E-state index contributed by atoms with van der Waals surface area (Å²) in [5.74, 6) is 0.00188. The zero-order valence-electron chi connectivity index (χ0n) is 11.6. The Balaban J connectivity index is 1.82. The van der Waals surface area contributed by atoms with E-state index in [2.05, 4.69) is 6.58 Å². The molecule has 1 fully saturated rings. The van der Waals surface area contributed by atoms with Gasteiger partial charge >= 0.3 is 5.97 Å². The highest BCUT2D eigenvalue weighted by Gasteiger charge is 2.35. The van der Waals surface area contributed by atoms with Gasteiger partial charge in [-0.1, -0.05) is 5.57 Å². The van der Waals surface area contributed by atoms with E-state index in [1.165, 1.54) is 0 Å². The second kappa shape index (κ2) is 6.41. The zero-order valence-corrected chi connectivity index (χ0v) is 11.6. The van der Waals surface area contributed by atoms with Gasteiger partial charge in [0.1, 0.15) is 5.76 Å². The lowest BCUT2D eigenvalue weighted by molar-refractivity contribution is -0.148. The molecule has 0 aliphatic carbocycles. The summed E-state index contributed by atoms with van der Waals surface area (Å²) in [6.07, 6.45) is 2.44. The number of hydrogen-bond acceptors (Lipinski definition) is 4. The van der Waals surface area contributed by atoms with Crippen LogP contribution in [0.5, 0.6) is 0 Å². The van der Waals surface area contributed by atoms with Gasteiger partial charge in [0.15, 0.2) is 0 Å². The summed E-state index contributed by atoms with van der Waals surface area (Å²) in [5, 5.41) is 0. The number of carbonyl (C=O) groups is 2. The van der Waals surface area contributed by atoms with Crippen LogP contribution in [0.1, 0.15) is 25.5 Å². The fourth-order valence-corrected chi connectivity index (χ4v) is 2.12. The van der Waals surface area contributed by atoms with Crippen molar-refractivity contribution in [2.24, 2.45) is 5.92 Å². The van der Waals surface area contributed by atoms with Gasteiger partial charge in [0.25, 0.3) is 0 Å². The maximum absolute atomic E-state index is 11.9. The third-order valence-corrected chi connectivity index (χ3v) is 3.25. The third kappa shape index (κ3) is 3.73. The van der Waals surface area contributed by atoms with E-state index in [4.69, 9.17) is 9.15 Å². The molecular formula is C15H19NO4. The molecule has 0 N–H and O–H groups in total. The summed E-state index contributed by atoms with van der Waals surface area (Å²) >= 11 is 0. The first-order chi connectivity index (χ1) is 9.56. The highest BCUT2D eigenvalue weighted by Crippen LogP contribution is 2.21. The van der Waals surface area contributed by atoms with Crippen molar-refractivity contribution in [3.05, 3.63) is 36.3 Å². The van der Waals surface area contributed by atoms with Crippen LogP contribution in [-0.2, 0) is 20.9 Å². The maximum Gasteiger partial charge on any atom is 0.311 e. The van der Waals surface area contributed by atoms with Crippen LogP contribution in [0, 0.1) is 5.92 Å². The maximum atomic E-state index is 11.9. The molecule has 1 aromatic rings. The molecule has 2 heterocycles. The topological polar surface area (TPSA) is 59.8 Å². The standard InChI is InChI=1S/C15H19NO4/c1-11(2)5-7-20-15(18)12-8-14(17)16(9-12)10-13-4-3-6-19-13/h3-4,6,12H,1,5,7-10H2,2H3. The van der Waals surface area contributed by atoms with Crippen molar-refractivity contribution in [3.8, 4) is 0 Å². The van der Waals surface area contributed by atoms with Crippen molar-refractivity contribution in [1.29, 1.82) is 0 Å². The molecule has 0 saturated carbocycles. The van der Waals surface area contributed by atoms with E-state index >= 15 is 0 Å². The number of nitrogens with zero attached hydrogens (tertiary/aromatic N) is 1. The monoisotopic (exact) mass is 277 g/mol. The second-order valence-corrected chi connectivity index (χ2v) is 5.13. The fraction of sp³-hybridized carbons (Fsp3) is 0.467. The number of rotatable bonds is 6. The van der Waals surface area contributed by atoms with Gasteiger partial charge in [-0.3, -0.25) is 9.59 Å². The number of carbonyl (C=O) groups excluding carboxylic acids is 2. The Morgan fingerprint density at radius 2 is 2.40 bits per heavy atom. The van der Waals surface area contributed by atoms with Crippen molar-refractivity contribution in [1.82, 2.24) is 4.90 Å². The average Bonchev–Trinajstić information content (AvgIpc) is 3.00. The molecule has 1 aliphatic heterocycles. The Morgan fingerprint density at radius 3 is 3.05 bits per heavy atom. The van der Waals surface area contributed by atoms with Crippen molar-refractivity contribution >= 4 is 11.9 Å². The minimum absolute atomic E-state index is 0.0387.